The highest BCUT2D eigenvalue weighted by molar-refractivity contribution is 5.85. The zero-order valence-electron chi connectivity index (χ0n) is 17.3. The molecule has 0 aliphatic rings. The summed E-state index contributed by atoms with van der Waals surface area (Å²) < 4.78 is 11.2. The highest BCUT2D eigenvalue weighted by Gasteiger charge is 2.15. The van der Waals surface area contributed by atoms with Gasteiger partial charge in [-0.3, -0.25) is 4.79 Å². The molecule has 29 heavy (non-hydrogen) atoms. The van der Waals surface area contributed by atoms with Crippen molar-refractivity contribution in [3.63, 3.8) is 0 Å². The monoisotopic (exact) mass is 443 g/mol. The Morgan fingerprint density at radius 1 is 1.10 bits per heavy atom. The van der Waals surface area contributed by atoms with Crippen LogP contribution in [0.25, 0.3) is 0 Å². The molecule has 1 amide bonds. The van der Waals surface area contributed by atoms with Crippen molar-refractivity contribution < 1.29 is 14.3 Å². The van der Waals surface area contributed by atoms with Gasteiger partial charge in [0, 0.05) is 13.1 Å². The summed E-state index contributed by atoms with van der Waals surface area (Å²) in [4.78, 5) is 14.4. The van der Waals surface area contributed by atoms with E-state index in [1.54, 1.807) is 7.11 Å². The second-order valence-electron chi connectivity index (χ2n) is 6.74. The number of hydrogen-bond acceptors (Lipinski definition) is 5. The van der Waals surface area contributed by atoms with Crippen LogP contribution in [0.5, 0.6) is 11.5 Å². The molecule has 0 saturated carbocycles. The number of rotatable bonds is 9. The molecule has 0 fully saturated rings. The van der Waals surface area contributed by atoms with Gasteiger partial charge in [-0.15, -0.1) is 24.8 Å². The second-order valence-corrected chi connectivity index (χ2v) is 6.74. The molecule has 162 valence electrons. The van der Waals surface area contributed by atoms with E-state index in [2.05, 4.69) is 5.32 Å². The van der Waals surface area contributed by atoms with Crippen molar-refractivity contribution in [2.75, 3.05) is 34.4 Å². The molecule has 6 nitrogen and oxygen atoms in total. The third kappa shape index (κ3) is 8.50. The van der Waals surface area contributed by atoms with Crippen LogP contribution in [0.2, 0.25) is 0 Å². The van der Waals surface area contributed by atoms with Crippen molar-refractivity contribution in [1.29, 1.82) is 0 Å². The molecule has 3 N–H and O–H groups in total. The Hall–Kier alpha value is -1.99. The van der Waals surface area contributed by atoms with E-state index in [1.807, 2.05) is 68.4 Å². The predicted molar refractivity (Wildman–Crippen MR) is 121 cm³/mol. The van der Waals surface area contributed by atoms with E-state index >= 15 is 0 Å². The summed E-state index contributed by atoms with van der Waals surface area (Å²) in [6.45, 7) is 3.76. The van der Waals surface area contributed by atoms with Crippen LogP contribution < -0.4 is 20.5 Å². The molecule has 0 aliphatic heterocycles. The third-order valence-corrected chi connectivity index (χ3v) is 4.21. The Kier molecular flexibility index (Phi) is 12.4. The number of carbonyl (C=O) groups is 1. The van der Waals surface area contributed by atoms with Gasteiger partial charge in [0.25, 0.3) is 0 Å². The van der Waals surface area contributed by atoms with Crippen LogP contribution in [0.15, 0.2) is 42.5 Å². The molecular formula is C21H31Cl2N3O3. The Bertz CT molecular complexity index is 755. The molecule has 0 saturated heterocycles. The fourth-order valence-corrected chi connectivity index (χ4v) is 2.50. The van der Waals surface area contributed by atoms with Gasteiger partial charge in [-0.05, 0) is 44.3 Å². The topological polar surface area (TPSA) is 76.8 Å². The van der Waals surface area contributed by atoms with E-state index in [0.29, 0.717) is 24.7 Å². The summed E-state index contributed by atoms with van der Waals surface area (Å²) in [6.07, 6.45) is 0. The lowest BCUT2D eigenvalue weighted by molar-refractivity contribution is -0.122. The minimum absolute atomic E-state index is 0. The molecule has 0 aromatic heterocycles. The van der Waals surface area contributed by atoms with Crippen LogP contribution in [-0.4, -0.2) is 45.2 Å². The number of nitrogens with one attached hydrogen (secondary N) is 1. The Labute approximate surface area is 185 Å². The maximum Gasteiger partial charge on any atom is 0.241 e. The average Bonchev–Trinajstić information content (AvgIpc) is 2.66. The molecule has 2 aromatic carbocycles. The van der Waals surface area contributed by atoms with Crippen LogP contribution in [-0.2, 0) is 11.3 Å². The van der Waals surface area contributed by atoms with Gasteiger partial charge >= 0.3 is 0 Å². The van der Waals surface area contributed by atoms with Gasteiger partial charge in [-0.25, -0.2) is 0 Å². The van der Waals surface area contributed by atoms with Crippen molar-refractivity contribution >= 4 is 30.7 Å². The van der Waals surface area contributed by atoms with Gasteiger partial charge in [0.2, 0.25) is 5.91 Å². The molecule has 2 rings (SSSR count). The number of nitrogens with zero attached hydrogens (tertiary/aromatic N) is 1. The summed E-state index contributed by atoms with van der Waals surface area (Å²) in [5, 5.41) is 2.87. The van der Waals surface area contributed by atoms with Gasteiger partial charge in [0.15, 0.2) is 11.5 Å². The molecule has 8 heteroatoms. The van der Waals surface area contributed by atoms with E-state index in [1.165, 1.54) is 0 Å². The quantitative estimate of drug-likeness (QED) is 0.622. The van der Waals surface area contributed by atoms with Crippen molar-refractivity contribution in [2.24, 2.45) is 5.73 Å². The highest BCUT2D eigenvalue weighted by atomic mass is 35.5. The third-order valence-electron chi connectivity index (χ3n) is 4.21. The fraction of sp³-hybridized carbons (Fsp3) is 0.381. The molecule has 0 spiro atoms. The minimum Gasteiger partial charge on any atom is -0.493 e. The molecule has 1 atom stereocenters. The van der Waals surface area contributed by atoms with Crippen molar-refractivity contribution in [1.82, 2.24) is 10.2 Å². The number of benzene rings is 2. The maximum atomic E-state index is 12.3. The van der Waals surface area contributed by atoms with E-state index < -0.39 is 6.04 Å². The molecule has 0 aliphatic carbocycles. The van der Waals surface area contributed by atoms with Crippen LogP contribution in [0.4, 0.5) is 0 Å². The lowest BCUT2D eigenvalue weighted by Crippen LogP contribution is -2.33. The molecule has 0 heterocycles. The Morgan fingerprint density at radius 3 is 2.34 bits per heavy atom. The highest BCUT2D eigenvalue weighted by Crippen LogP contribution is 2.28. The van der Waals surface area contributed by atoms with Crippen molar-refractivity contribution in [2.45, 2.75) is 19.5 Å². The smallest absolute Gasteiger partial charge is 0.241 e. The van der Waals surface area contributed by atoms with E-state index in [0.717, 1.165) is 23.2 Å². The first-order valence-electron chi connectivity index (χ1n) is 8.95. The van der Waals surface area contributed by atoms with E-state index in [-0.39, 0.29) is 30.7 Å². The Morgan fingerprint density at radius 2 is 1.76 bits per heavy atom. The van der Waals surface area contributed by atoms with Gasteiger partial charge < -0.3 is 25.4 Å². The molecule has 0 radical (unpaired) electrons. The molecule has 2 aromatic rings. The van der Waals surface area contributed by atoms with Crippen LogP contribution in [0.1, 0.15) is 22.7 Å². The van der Waals surface area contributed by atoms with Gasteiger partial charge in [-0.2, -0.15) is 0 Å². The molecule has 1 unspecified atom stereocenters. The normalized spacial score (nSPS) is 11.1. The van der Waals surface area contributed by atoms with Crippen LogP contribution >= 0.6 is 24.8 Å². The molecular weight excluding hydrogens is 413 g/mol. The lowest BCUT2D eigenvalue weighted by Gasteiger charge is -2.15. The number of amides is 1. The SMILES string of the molecule is COc1cc(CNC(=O)C(N)c2ccc(C)cc2)ccc1OCCN(C)C.Cl.Cl. The van der Waals surface area contributed by atoms with Gasteiger partial charge in [0.05, 0.1) is 7.11 Å². The maximum absolute atomic E-state index is 12.3. The van der Waals surface area contributed by atoms with Gasteiger partial charge in [0.1, 0.15) is 12.6 Å². The average molecular weight is 444 g/mol. The van der Waals surface area contributed by atoms with Crippen molar-refractivity contribution in [3.8, 4) is 11.5 Å². The summed E-state index contributed by atoms with van der Waals surface area (Å²) in [5.41, 5.74) is 8.89. The number of carbonyl (C=O) groups excluding carboxylic acids is 1. The zero-order valence-corrected chi connectivity index (χ0v) is 18.9. The fourth-order valence-electron chi connectivity index (χ4n) is 2.50. The number of likely N-dealkylation sites (N-methyl/N-ethyl adjacent to an activating group) is 1. The summed E-state index contributed by atoms with van der Waals surface area (Å²) >= 11 is 0. The largest absolute Gasteiger partial charge is 0.493 e. The second kappa shape index (κ2) is 13.3. The minimum atomic E-state index is -0.693. The first kappa shape index (κ1) is 27.0. The lowest BCUT2D eigenvalue weighted by atomic mass is 10.1. The first-order chi connectivity index (χ1) is 12.9. The summed E-state index contributed by atoms with van der Waals surface area (Å²) in [7, 11) is 5.59. The predicted octanol–water partition coefficient (Wildman–Crippen LogP) is 3.10. The number of ether oxygens (including phenoxy) is 2. The zero-order chi connectivity index (χ0) is 19.8. The van der Waals surface area contributed by atoms with Crippen LogP contribution in [0.3, 0.4) is 0 Å². The first-order valence-corrected chi connectivity index (χ1v) is 8.95. The van der Waals surface area contributed by atoms with Crippen LogP contribution in [0, 0.1) is 6.92 Å². The molecule has 0 bridgehead atoms. The van der Waals surface area contributed by atoms with Crippen molar-refractivity contribution in [3.05, 3.63) is 59.2 Å². The standard InChI is InChI=1S/C21H29N3O3.2ClH/c1-15-5-8-17(9-6-15)20(22)21(25)23-14-16-7-10-18(19(13-16)26-4)27-12-11-24(2)3;;/h5-10,13,20H,11-12,14,22H2,1-4H3,(H,23,25);2*1H. The number of methoxy groups -OCH3 is 1. The number of nitrogens with two attached hydrogens (primary N) is 1. The number of aryl methyl sites for hydroxylation is 1. The Balaban J connectivity index is 0.00000392. The summed E-state index contributed by atoms with van der Waals surface area (Å²) in [6, 6.07) is 12.6. The number of halogens is 2. The number of hydrogen-bond donors (Lipinski definition) is 2. The van der Waals surface area contributed by atoms with E-state index in [4.69, 9.17) is 15.2 Å². The van der Waals surface area contributed by atoms with Gasteiger partial charge in [-0.1, -0.05) is 35.9 Å². The summed E-state index contributed by atoms with van der Waals surface area (Å²) in [5.74, 6) is 1.11. The van der Waals surface area contributed by atoms with E-state index in [9.17, 15) is 4.79 Å².